The largest absolute Gasteiger partial charge is 0.357 e. The minimum atomic E-state index is -3.38. The van der Waals surface area contributed by atoms with Crippen LogP contribution in [-0.2, 0) is 23.1 Å². The third-order valence-electron chi connectivity index (χ3n) is 4.94. The third kappa shape index (κ3) is 6.95. The van der Waals surface area contributed by atoms with Crippen molar-refractivity contribution in [3.05, 3.63) is 65.7 Å². The summed E-state index contributed by atoms with van der Waals surface area (Å²) in [5, 5.41) is 6.55. The molecule has 0 spiro atoms. The molecule has 0 atom stereocenters. The Bertz CT molecular complexity index is 896. The molecule has 8 heteroatoms. The Balaban J connectivity index is 0.00000320. The van der Waals surface area contributed by atoms with E-state index in [0.29, 0.717) is 31.1 Å². The van der Waals surface area contributed by atoms with Gasteiger partial charge in [0.05, 0.1) is 11.4 Å². The number of nitrogens with zero attached hydrogens (tertiary/aromatic N) is 2. The zero-order valence-corrected chi connectivity index (χ0v) is 20.5. The molecule has 30 heavy (non-hydrogen) atoms. The summed E-state index contributed by atoms with van der Waals surface area (Å²) >= 11 is 0. The van der Waals surface area contributed by atoms with Crippen molar-refractivity contribution in [3.8, 4) is 0 Å². The summed E-state index contributed by atoms with van der Waals surface area (Å²) < 4.78 is 27.1. The van der Waals surface area contributed by atoms with Crippen LogP contribution >= 0.6 is 24.0 Å². The van der Waals surface area contributed by atoms with Crippen molar-refractivity contribution in [1.29, 1.82) is 0 Å². The maximum absolute atomic E-state index is 12.8. The van der Waals surface area contributed by atoms with Crippen molar-refractivity contribution in [3.63, 3.8) is 0 Å². The molecule has 0 aliphatic carbocycles. The highest BCUT2D eigenvalue weighted by Crippen LogP contribution is 2.20. The van der Waals surface area contributed by atoms with Gasteiger partial charge in [-0.1, -0.05) is 48.9 Å². The molecule has 1 saturated heterocycles. The predicted molar refractivity (Wildman–Crippen MR) is 133 cm³/mol. The second-order valence-corrected chi connectivity index (χ2v) is 9.08. The molecule has 6 nitrogen and oxygen atoms in total. The van der Waals surface area contributed by atoms with Gasteiger partial charge in [0.1, 0.15) is 0 Å². The summed E-state index contributed by atoms with van der Waals surface area (Å²) in [4.78, 5) is 4.98. The second-order valence-electron chi connectivity index (χ2n) is 7.14. The zero-order valence-electron chi connectivity index (χ0n) is 17.4. The van der Waals surface area contributed by atoms with Crippen molar-refractivity contribution < 1.29 is 8.42 Å². The molecule has 1 fully saturated rings. The van der Waals surface area contributed by atoms with E-state index < -0.39 is 10.0 Å². The van der Waals surface area contributed by atoms with Gasteiger partial charge < -0.3 is 10.6 Å². The first kappa shape index (κ1) is 24.6. The van der Waals surface area contributed by atoms with Gasteiger partial charge in [0.15, 0.2) is 5.96 Å². The molecule has 1 aliphatic rings. The first-order valence-electron chi connectivity index (χ1n) is 10.2. The quantitative estimate of drug-likeness (QED) is 0.318. The number of piperidine rings is 1. The maximum Gasteiger partial charge on any atom is 0.243 e. The Morgan fingerprint density at radius 3 is 2.23 bits per heavy atom. The number of aliphatic imine (C=N–C) groups is 1. The van der Waals surface area contributed by atoms with Crippen molar-refractivity contribution >= 4 is 40.0 Å². The van der Waals surface area contributed by atoms with Crippen LogP contribution in [0.2, 0.25) is 0 Å². The fraction of sp³-hybridized carbons (Fsp3) is 0.409. The van der Waals surface area contributed by atoms with E-state index in [4.69, 9.17) is 0 Å². The molecule has 3 rings (SSSR count). The van der Waals surface area contributed by atoms with E-state index in [-0.39, 0.29) is 24.0 Å². The minimum Gasteiger partial charge on any atom is -0.357 e. The molecule has 0 saturated carbocycles. The zero-order chi connectivity index (χ0) is 20.5. The molecule has 2 aromatic carbocycles. The lowest BCUT2D eigenvalue weighted by atomic mass is 10.2. The van der Waals surface area contributed by atoms with Crippen LogP contribution in [0.4, 0.5) is 0 Å². The molecule has 1 heterocycles. The molecule has 0 amide bonds. The standard InChI is InChI=1S/C22H30N4O2S.HI/c1-2-23-22(24-17-19-9-5-3-6-10-19)25-18-20-11-13-21(14-12-20)29(27,28)26-15-7-4-8-16-26;/h3,5-6,9-14H,2,4,7-8,15-18H2,1H3,(H2,23,24,25);1H. The number of benzene rings is 2. The molecule has 164 valence electrons. The molecule has 0 aromatic heterocycles. The monoisotopic (exact) mass is 542 g/mol. The van der Waals surface area contributed by atoms with Gasteiger partial charge in [-0.3, -0.25) is 0 Å². The average molecular weight is 542 g/mol. The number of hydrogen-bond acceptors (Lipinski definition) is 3. The summed E-state index contributed by atoms with van der Waals surface area (Å²) in [6.07, 6.45) is 2.99. The molecule has 0 bridgehead atoms. The molecular formula is C22H31IN4O2S. The molecule has 0 radical (unpaired) electrons. The first-order valence-corrected chi connectivity index (χ1v) is 11.7. The fourth-order valence-corrected chi connectivity index (χ4v) is 4.83. The molecule has 2 aromatic rings. The Morgan fingerprint density at radius 1 is 0.933 bits per heavy atom. The maximum atomic E-state index is 12.8. The lowest BCUT2D eigenvalue weighted by molar-refractivity contribution is 0.346. The molecule has 2 N–H and O–H groups in total. The van der Waals surface area contributed by atoms with E-state index in [9.17, 15) is 8.42 Å². The molecule has 1 aliphatic heterocycles. The van der Waals surface area contributed by atoms with E-state index in [1.54, 1.807) is 16.4 Å². The summed E-state index contributed by atoms with van der Waals surface area (Å²) in [6.45, 7) is 5.21. The number of guanidine groups is 1. The van der Waals surface area contributed by atoms with E-state index in [1.807, 2.05) is 37.3 Å². The Kier molecular flexibility index (Phi) is 10.1. The third-order valence-corrected chi connectivity index (χ3v) is 6.86. The molecular weight excluding hydrogens is 511 g/mol. The van der Waals surface area contributed by atoms with Crippen LogP contribution in [0.15, 0.2) is 64.5 Å². The van der Waals surface area contributed by atoms with E-state index in [1.165, 1.54) is 0 Å². The van der Waals surface area contributed by atoms with Gasteiger partial charge >= 0.3 is 0 Å². The predicted octanol–water partition coefficient (Wildman–Crippen LogP) is 3.73. The van der Waals surface area contributed by atoms with E-state index in [0.717, 1.165) is 42.9 Å². The molecule has 0 unspecified atom stereocenters. The van der Waals surface area contributed by atoms with Gasteiger partial charge in [-0.05, 0) is 43.0 Å². The normalized spacial score (nSPS) is 15.3. The number of sulfonamides is 1. The van der Waals surface area contributed by atoms with Crippen LogP contribution < -0.4 is 10.6 Å². The SMILES string of the molecule is CCNC(=NCc1ccccc1)NCc1ccc(S(=O)(=O)N2CCCCC2)cc1.I. The van der Waals surface area contributed by atoms with Crippen molar-refractivity contribution in [2.75, 3.05) is 19.6 Å². The Hall–Kier alpha value is -1.65. The van der Waals surface area contributed by atoms with Gasteiger partial charge in [0.2, 0.25) is 10.0 Å². The second kappa shape index (κ2) is 12.3. The van der Waals surface area contributed by atoms with Crippen LogP contribution in [-0.4, -0.2) is 38.3 Å². The average Bonchev–Trinajstić information content (AvgIpc) is 2.77. The van der Waals surface area contributed by atoms with Gasteiger partial charge in [-0.25, -0.2) is 13.4 Å². The van der Waals surface area contributed by atoms with Gasteiger partial charge in [-0.2, -0.15) is 4.31 Å². The van der Waals surface area contributed by atoms with Crippen LogP contribution in [0.1, 0.15) is 37.3 Å². The highest BCUT2D eigenvalue weighted by molar-refractivity contribution is 14.0. The van der Waals surface area contributed by atoms with Crippen molar-refractivity contribution in [2.24, 2.45) is 4.99 Å². The van der Waals surface area contributed by atoms with Crippen LogP contribution in [0.5, 0.6) is 0 Å². The summed E-state index contributed by atoms with van der Waals surface area (Å²) in [5.74, 6) is 0.737. The van der Waals surface area contributed by atoms with Gasteiger partial charge in [0.25, 0.3) is 0 Å². The summed E-state index contributed by atoms with van der Waals surface area (Å²) in [7, 11) is -3.38. The summed E-state index contributed by atoms with van der Waals surface area (Å²) in [6, 6.07) is 17.2. The summed E-state index contributed by atoms with van der Waals surface area (Å²) in [5.41, 5.74) is 2.16. The number of nitrogens with one attached hydrogen (secondary N) is 2. The number of rotatable bonds is 7. The highest BCUT2D eigenvalue weighted by atomic mass is 127. The van der Waals surface area contributed by atoms with Crippen LogP contribution in [0, 0.1) is 0 Å². The van der Waals surface area contributed by atoms with Crippen molar-refractivity contribution in [1.82, 2.24) is 14.9 Å². The van der Waals surface area contributed by atoms with E-state index in [2.05, 4.69) is 27.8 Å². The van der Waals surface area contributed by atoms with Gasteiger partial charge in [0, 0.05) is 26.2 Å². The highest BCUT2D eigenvalue weighted by Gasteiger charge is 2.25. The first-order chi connectivity index (χ1) is 14.1. The number of hydrogen-bond donors (Lipinski definition) is 2. The van der Waals surface area contributed by atoms with Gasteiger partial charge in [-0.15, -0.1) is 24.0 Å². The topological polar surface area (TPSA) is 73.8 Å². The van der Waals surface area contributed by atoms with Crippen LogP contribution in [0.3, 0.4) is 0 Å². The van der Waals surface area contributed by atoms with Crippen LogP contribution in [0.25, 0.3) is 0 Å². The smallest absolute Gasteiger partial charge is 0.243 e. The Labute approximate surface area is 197 Å². The van der Waals surface area contributed by atoms with Crippen molar-refractivity contribution in [2.45, 2.75) is 44.2 Å². The Morgan fingerprint density at radius 2 is 1.60 bits per heavy atom. The minimum absolute atomic E-state index is 0. The number of halogens is 1. The fourth-order valence-electron chi connectivity index (χ4n) is 3.31. The lowest BCUT2D eigenvalue weighted by Gasteiger charge is -2.25. The van der Waals surface area contributed by atoms with E-state index >= 15 is 0 Å². The lowest BCUT2D eigenvalue weighted by Crippen LogP contribution is -2.37.